The minimum atomic E-state index is -4.35. The number of aromatic nitrogens is 8. The van der Waals surface area contributed by atoms with E-state index < -0.39 is 147 Å². The summed E-state index contributed by atoms with van der Waals surface area (Å²) in [4.78, 5) is 20.6. The van der Waals surface area contributed by atoms with E-state index in [9.17, 15) is 82.0 Å². The molecule has 4 aliphatic heterocycles. The lowest BCUT2D eigenvalue weighted by Gasteiger charge is -2.40. The van der Waals surface area contributed by atoms with E-state index >= 15 is 0 Å². The molecule has 0 bridgehead atoms. The molecule has 8 heterocycles. The van der Waals surface area contributed by atoms with Crippen LogP contribution < -0.4 is 0 Å². The average molecular weight is 1890 g/mol. The van der Waals surface area contributed by atoms with Crippen LogP contribution in [-0.2, 0) is 88.5 Å². The Labute approximate surface area is 740 Å². The van der Waals surface area contributed by atoms with Gasteiger partial charge in [0.1, 0.15) is 134 Å². The molecule has 4 aromatic heterocycles. The van der Waals surface area contributed by atoms with Gasteiger partial charge in [-0.1, -0.05) is 142 Å². The summed E-state index contributed by atoms with van der Waals surface area (Å²) in [5.74, 6) is -9.60. The molecule has 0 N–H and O–H groups in total. The van der Waals surface area contributed by atoms with E-state index in [4.69, 9.17) is 0 Å². The third-order valence-electron chi connectivity index (χ3n) is 22.6. The van der Waals surface area contributed by atoms with Gasteiger partial charge in [0, 0.05) is 72.6 Å². The van der Waals surface area contributed by atoms with Crippen molar-refractivity contribution in [1.82, 2.24) is 57.0 Å². The molecule has 0 radical (unpaired) electrons. The van der Waals surface area contributed by atoms with Gasteiger partial charge in [0.05, 0.1) is 5.92 Å². The molecule has 0 aliphatic carbocycles. The van der Waals surface area contributed by atoms with Crippen molar-refractivity contribution in [2.75, 3.05) is 26.2 Å². The lowest BCUT2D eigenvalue weighted by atomic mass is 9.86. The summed E-state index contributed by atoms with van der Waals surface area (Å²) in [6.45, 7) is 7.22. The first-order valence-electron chi connectivity index (χ1n) is 40.2. The largest absolute Gasteiger partial charge is 0.391 e. The minimum absolute atomic E-state index is 0.0297. The van der Waals surface area contributed by atoms with E-state index in [1.165, 1.54) is 25.3 Å². The number of nitrogens with zero attached hydrogens (tertiary/aromatic N) is 12. The summed E-state index contributed by atoms with van der Waals surface area (Å²) in [6, 6.07) is 45.1. The molecule has 7 atom stereocenters. The number of hydrogen-bond acceptors (Lipinski definition) is 24. The van der Waals surface area contributed by atoms with E-state index in [1.54, 1.807) is 35.2 Å². The van der Waals surface area contributed by atoms with Crippen LogP contribution in [0.4, 0.5) is 48.3 Å². The third kappa shape index (κ3) is 24.4. The standard InChI is InChI=1S/C22H20F5N3O2S2.2C22H23F2N3O2S2.C21H21F2N3O2S2/c23-17-10-20(34(31,32)12-21-28-13-29-33-21)18(24)8-15(17)11-30-7-6-16(22(25,26)27)9-19(30)14-4-2-1-3-5-14;2*1-15-7-8-27(20(9-15)16-5-3-2-4-6-16)12-17-10-19(24)21(11-18(17)23)31(28,29)13-22-25-14-26-30-22;22-17-11-20(30(27,28)13-21-24-14-25-29-21)18(23)10-16(17)12-26-9-5-4-8-19(26)15-6-2-1-3-7-15/h1-5,8,10,13,16,19H,6-7,9,11-12H2;2*2-6,10-11,14-15,20H,7-9,12-13H2,1H3;1-3,6-7,10-11,14,19H,4-5,8-9,12-13H2/t16-,19+;2*15-,20+;19-/m0101/s1. The number of halogens is 11. The molecule has 0 unspecified atom stereocenters. The van der Waals surface area contributed by atoms with Crippen molar-refractivity contribution in [3.8, 4) is 0 Å². The highest BCUT2D eigenvalue weighted by Crippen LogP contribution is 2.45. The number of alkyl halides is 3. The summed E-state index contributed by atoms with van der Waals surface area (Å²) in [6.07, 6.45) is 6.99. The number of sulfone groups is 4. The summed E-state index contributed by atoms with van der Waals surface area (Å²) in [5, 5.41) is 0.842. The Balaban J connectivity index is 0.000000144. The highest BCUT2D eigenvalue weighted by molar-refractivity contribution is 7.91. The van der Waals surface area contributed by atoms with Crippen LogP contribution in [0.2, 0.25) is 0 Å². The Morgan fingerprint density at radius 1 is 0.325 bits per heavy atom. The maximum absolute atomic E-state index is 14.9. The Morgan fingerprint density at radius 3 is 0.857 bits per heavy atom. The number of benzene rings is 8. The average Bonchev–Trinajstić information content (AvgIpc) is 0.852. The molecule has 0 amide bonds. The fourth-order valence-electron chi connectivity index (χ4n) is 16.2. The predicted molar refractivity (Wildman–Crippen MR) is 456 cm³/mol. The summed E-state index contributed by atoms with van der Waals surface area (Å²) in [5.41, 5.74) is 4.43. The van der Waals surface area contributed by atoms with Gasteiger partial charge < -0.3 is 0 Å². The van der Waals surface area contributed by atoms with Crippen LogP contribution in [0.25, 0.3) is 0 Å². The van der Waals surface area contributed by atoms with Gasteiger partial charge >= 0.3 is 6.18 Å². The second kappa shape index (κ2) is 42.0. The van der Waals surface area contributed by atoms with Gasteiger partial charge in [-0.15, -0.1) is 0 Å². The summed E-state index contributed by atoms with van der Waals surface area (Å²) >= 11 is 3.59. The van der Waals surface area contributed by atoms with E-state index in [-0.39, 0.29) is 106 Å². The Kier molecular flexibility index (Phi) is 31.5. The molecule has 126 heavy (non-hydrogen) atoms. The molecule has 8 aromatic carbocycles. The van der Waals surface area contributed by atoms with Crippen LogP contribution in [0.1, 0.15) is 160 Å². The van der Waals surface area contributed by atoms with Crippen molar-refractivity contribution in [3.05, 3.63) is 306 Å². The number of hydrogen-bond donors (Lipinski definition) is 0. The molecular weight excluding hydrogens is 1810 g/mol. The zero-order valence-electron chi connectivity index (χ0n) is 67.9. The maximum atomic E-state index is 14.9. The van der Waals surface area contributed by atoms with Crippen LogP contribution in [0, 0.1) is 64.3 Å². The van der Waals surface area contributed by atoms with Crippen molar-refractivity contribution in [2.24, 2.45) is 17.8 Å². The smallest absolute Gasteiger partial charge is 0.292 e. The molecule has 4 aliphatic rings. The van der Waals surface area contributed by atoms with Crippen LogP contribution in [0.3, 0.4) is 0 Å². The molecule has 16 rings (SSSR count). The molecule has 4 saturated heterocycles. The summed E-state index contributed by atoms with van der Waals surface area (Å²) < 4.78 is 274. The van der Waals surface area contributed by atoms with E-state index in [2.05, 4.69) is 90.2 Å². The SMILES string of the molecule is C[C@@H]1CCN(Cc2cc(F)c(S(=O)(=O)Cc3ncns3)cc2F)[C@H](c2ccccc2)C1.C[C@H]1CCN(Cc2cc(F)c(S(=O)(=O)Cc3ncns3)cc2F)[C@@H](c2ccccc2)C1.O=S(=O)(Cc1ncns1)c1cc(F)c(CN2CCCC[C@@H]2c2ccccc2)cc1F.O=S(=O)(Cc1ncns1)c1cc(F)c(CN2CC[C@H](C(F)(F)F)C[C@@H]2c2ccccc2)cc1F. The van der Waals surface area contributed by atoms with E-state index in [1.807, 2.05) is 66.7 Å². The first kappa shape index (κ1) is 94.5. The zero-order valence-corrected chi connectivity index (χ0v) is 74.5. The van der Waals surface area contributed by atoms with Gasteiger partial charge in [-0.3, -0.25) is 19.6 Å². The lowest BCUT2D eigenvalue weighted by Crippen LogP contribution is -2.41. The topological polar surface area (TPSA) is 253 Å². The fraction of sp³-hybridized carbons (Fsp3) is 0.356. The second-order valence-corrected chi connectivity index (χ2v) is 42.8. The van der Waals surface area contributed by atoms with Crippen molar-refractivity contribution in [1.29, 1.82) is 0 Å². The molecule has 20 nitrogen and oxygen atoms in total. The summed E-state index contributed by atoms with van der Waals surface area (Å²) in [7, 11) is -16.4. The zero-order chi connectivity index (χ0) is 89.7. The van der Waals surface area contributed by atoms with Crippen LogP contribution in [0.5, 0.6) is 0 Å². The fourth-order valence-corrected chi connectivity index (χ4v) is 24.9. The number of likely N-dealkylation sites (tertiary alicyclic amines) is 4. The van der Waals surface area contributed by atoms with Gasteiger partial charge in [0.2, 0.25) is 0 Å². The van der Waals surface area contributed by atoms with Crippen molar-refractivity contribution in [3.63, 3.8) is 0 Å². The Hall–Kier alpha value is -9.13. The van der Waals surface area contributed by atoms with Gasteiger partial charge in [0.25, 0.3) is 0 Å². The minimum Gasteiger partial charge on any atom is -0.292 e. The monoisotopic (exact) mass is 1890 g/mol. The normalized spacial score (nSPS) is 19.5. The third-order valence-corrected chi connectivity index (χ3v) is 32.5. The van der Waals surface area contributed by atoms with Gasteiger partial charge in [-0.25, -0.2) is 88.7 Å². The molecule has 0 spiro atoms. The Morgan fingerprint density at radius 2 is 0.587 bits per heavy atom. The maximum Gasteiger partial charge on any atom is 0.391 e. The second-order valence-electron chi connectivity index (χ2n) is 31.5. The molecule has 12 aromatic rings. The highest BCUT2D eigenvalue weighted by atomic mass is 32.2. The molecule has 668 valence electrons. The first-order valence-corrected chi connectivity index (χ1v) is 49.9. The van der Waals surface area contributed by atoms with E-state index in [0.717, 1.165) is 170 Å². The van der Waals surface area contributed by atoms with Crippen molar-refractivity contribution in [2.45, 2.75) is 171 Å². The highest BCUT2D eigenvalue weighted by Gasteiger charge is 2.45. The van der Waals surface area contributed by atoms with Crippen LogP contribution >= 0.6 is 46.1 Å². The molecule has 0 saturated carbocycles. The molecule has 4 fully saturated rings. The number of piperidine rings is 4. The molecule has 39 heteroatoms. The van der Waals surface area contributed by atoms with Crippen molar-refractivity contribution >= 4 is 85.5 Å². The van der Waals surface area contributed by atoms with Crippen LogP contribution in [-0.4, -0.2) is 123 Å². The van der Waals surface area contributed by atoms with Crippen molar-refractivity contribution < 1.29 is 82.0 Å². The Bertz CT molecular complexity index is 5920. The lowest BCUT2D eigenvalue weighted by molar-refractivity contribution is -0.190. The van der Waals surface area contributed by atoms with E-state index in [0.29, 0.717) is 23.5 Å². The first-order chi connectivity index (χ1) is 60.1. The predicted octanol–water partition coefficient (Wildman–Crippen LogP) is 19.3. The van der Waals surface area contributed by atoms with Gasteiger partial charge in [0.15, 0.2) is 39.3 Å². The number of rotatable bonds is 24. The van der Waals surface area contributed by atoms with Crippen LogP contribution in [0.15, 0.2) is 215 Å². The van der Waals surface area contributed by atoms with Gasteiger partial charge in [-0.05, 0) is 206 Å². The molecular formula is C87H87F11N12O8S8. The quantitative estimate of drug-likeness (QED) is 0.0510. The van der Waals surface area contributed by atoms with Gasteiger partial charge in [-0.2, -0.15) is 30.7 Å².